The summed E-state index contributed by atoms with van der Waals surface area (Å²) in [7, 11) is 0. The molecule has 4 rings (SSSR count). The van der Waals surface area contributed by atoms with Crippen molar-refractivity contribution in [3.05, 3.63) is 60.2 Å². The number of carbonyl (C=O) groups excluding carboxylic acids is 2. The topological polar surface area (TPSA) is 105 Å². The van der Waals surface area contributed by atoms with Crippen molar-refractivity contribution >= 4 is 11.8 Å². The highest BCUT2D eigenvalue weighted by atomic mass is 16.5. The molecule has 0 unspecified atom stereocenters. The smallest absolute Gasteiger partial charge is 0.271 e. The van der Waals surface area contributed by atoms with Gasteiger partial charge in [-0.1, -0.05) is 30.3 Å². The molecule has 2 saturated heterocycles. The summed E-state index contributed by atoms with van der Waals surface area (Å²) in [5.41, 5.74) is 1.58. The van der Waals surface area contributed by atoms with E-state index in [0.717, 1.165) is 32.4 Å². The fourth-order valence-corrected chi connectivity index (χ4v) is 4.76. The maximum atomic E-state index is 12.9. The van der Waals surface area contributed by atoms with Crippen LogP contribution in [0.2, 0.25) is 0 Å². The molecule has 2 aliphatic heterocycles. The summed E-state index contributed by atoms with van der Waals surface area (Å²) >= 11 is 0. The summed E-state index contributed by atoms with van der Waals surface area (Å²) in [6.07, 6.45) is 8.26. The van der Waals surface area contributed by atoms with E-state index in [9.17, 15) is 14.7 Å². The molecule has 0 aliphatic carbocycles. The van der Waals surface area contributed by atoms with Crippen LogP contribution in [0.1, 0.15) is 48.2 Å². The van der Waals surface area contributed by atoms with E-state index in [1.807, 2.05) is 11.0 Å². The van der Waals surface area contributed by atoms with Crippen molar-refractivity contribution in [2.75, 3.05) is 19.7 Å². The molecule has 0 spiro atoms. The van der Waals surface area contributed by atoms with Gasteiger partial charge in [-0.25, -0.2) is 4.98 Å². The third-order valence-corrected chi connectivity index (χ3v) is 6.64. The molecule has 2 aromatic rings. The van der Waals surface area contributed by atoms with Crippen LogP contribution in [0.15, 0.2) is 48.9 Å². The predicted molar refractivity (Wildman–Crippen MR) is 122 cm³/mol. The summed E-state index contributed by atoms with van der Waals surface area (Å²) in [6, 6.07) is 10.2. The summed E-state index contributed by atoms with van der Waals surface area (Å²) in [5.74, 6) is 0.375. The number of nitrogens with zero attached hydrogens (tertiary/aromatic N) is 3. The lowest BCUT2D eigenvalue weighted by atomic mass is 9.90. The Kier molecular flexibility index (Phi) is 8.01. The maximum Gasteiger partial charge on any atom is 0.271 e. The molecular formula is C25H32N4O4. The number of ether oxygens (including phenoxy) is 1. The third kappa shape index (κ3) is 6.36. The normalized spacial score (nSPS) is 23.8. The van der Waals surface area contributed by atoms with Gasteiger partial charge >= 0.3 is 0 Å². The largest absolute Gasteiger partial charge is 0.394 e. The standard InChI is InChI=1S/C25H32N4O4/c30-17-23-21(28-25(32)22-16-26-10-11-27-22)7-6-20(33-23)15-24(31)29-12-8-19(9-13-29)14-18-4-2-1-3-5-18/h1-5,10-11,16,19-21,23,30H,6-9,12-15,17H2,(H,28,32)/t20-,21-,23-/m0/s1. The van der Waals surface area contributed by atoms with Gasteiger partial charge in [-0.3, -0.25) is 14.6 Å². The lowest BCUT2D eigenvalue weighted by molar-refractivity contribution is -0.141. The van der Waals surface area contributed by atoms with E-state index >= 15 is 0 Å². The first-order valence-electron chi connectivity index (χ1n) is 11.8. The zero-order valence-corrected chi connectivity index (χ0v) is 18.8. The van der Waals surface area contributed by atoms with Crippen LogP contribution in [0, 0.1) is 5.92 Å². The second kappa shape index (κ2) is 11.3. The van der Waals surface area contributed by atoms with Crippen LogP contribution in [0.3, 0.4) is 0 Å². The Hall–Kier alpha value is -2.84. The Labute approximate surface area is 194 Å². The summed E-state index contributed by atoms with van der Waals surface area (Å²) < 4.78 is 6.00. The number of aliphatic hydroxyl groups is 1. The average Bonchev–Trinajstić information content (AvgIpc) is 2.86. The molecule has 2 N–H and O–H groups in total. The van der Waals surface area contributed by atoms with E-state index in [1.54, 1.807) is 0 Å². The number of hydrogen-bond acceptors (Lipinski definition) is 6. The van der Waals surface area contributed by atoms with Gasteiger partial charge in [-0.15, -0.1) is 0 Å². The lowest BCUT2D eigenvalue weighted by Crippen LogP contribution is -2.52. The molecular weight excluding hydrogens is 420 g/mol. The molecule has 33 heavy (non-hydrogen) atoms. The molecule has 1 aromatic heterocycles. The second-order valence-electron chi connectivity index (χ2n) is 8.95. The molecule has 1 aromatic carbocycles. The van der Waals surface area contributed by atoms with E-state index in [-0.39, 0.29) is 36.3 Å². The first-order valence-corrected chi connectivity index (χ1v) is 11.8. The van der Waals surface area contributed by atoms with Crippen molar-refractivity contribution < 1.29 is 19.4 Å². The van der Waals surface area contributed by atoms with Crippen LogP contribution in [0.25, 0.3) is 0 Å². The molecule has 3 heterocycles. The van der Waals surface area contributed by atoms with Crippen molar-refractivity contribution in [2.24, 2.45) is 5.92 Å². The number of carbonyl (C=O) groups is 2. The molecule has 2 fully saturated rings. The molecule has 0 saturated carbocycles. The van der Waals surface area contributed by atoms with Crippen molar-refractivity contribution in [3.8, 4) is 0 Å². The summed E-state index contributed by atoms with van der Waals surface area (Å²) in [4.78, 5) is 35.1. The molecule has 3 atom stereocenters. The van der Waals surface area contributed by atoms with Crippen LogP contribution in [-0.2, 0) is 16.0 Å². The molecule has 8 heteroatoms. The van der Waals surface area contributed by atoms with Gasteiger partial charge in [-0.05, 0) is 43.6 Å². The average molecular weight is 453 g/mol. The van der Waals surface area contributed by atoms with Crippen LogP contribution in [0.5, 0.6) is 0 Å². The Morgan fingerprint density at radius 1 is 1.09 bits per heavy atom. The van der Waals surface area contributed by atoms with E-state index in [0.29, 0.717) is 25.2 Å². The predicted octanol–water partition coefficient (Wildman–Crippen LogP) is 1.99. The Morgan fingerprint density at radius 2 is 1.88 bits per heavy atom. The minimum Gasteiger partial charge on any atom is -0.394 e. The number of amides is 2. The second-order valence-corrected chi connectivity index (χ2v) is 8.95. The fraction of sp³-hybridized carbons (Fsp3) is 0.520. The minimum atomic E-state index is -0.547. The van der Waals surface area contributed by atoms with E-state index in [2.05, 4.69) is 39.6 Å². The van der Waals surface area contributed by atoms with Gasteiger partial charge in [-0.2, -0.15) is 0 Å². The molecule has 2 amide bonds. The monoisotopic (exact) mass is 452 g/mol. The number of benzene rings is 1. The van der Waals surface area contributed by atoms with E-state index < -0.39 is 6.10 Å². The van der Waals surface area contributed by atoms with Crippen molar-refractivity contribution in [1.29, 1.82) is 0 Å². The highest BCUT2D eigenvalue weighted by Crippen LogP contribution is 2.25. The van der Waals surface area contributed by atoms with Gasteiger partial charge in [0.05, 0.1) is 31.4 Å². The van der Waals surface area contributed by atoms with Gasteiger partial charge in [0, 0.05) is 25.5 Å². The first kappa shape index (κ1) is 23.3. The maximum absolute atomic E-state index is 12.9. The Morgan fingerprint density at radius 3 is 2.58 bits per heavy atom. The number of nitrogens with one attached hydrogen (secondary N) is 1. The van der Waals surface area contributed by atoms with Crippen molar-refractivity contribution in [1.82, 2.24) is 20.2 Å². The number of piperidine rings is 1. The fourth-order valence-electron chi connectivity index (χ4n) is 4.76. The number of hydrogen-bond donors (Lipinski definition) is 2. The lowest BCUT2D eigenvalue weighted by Gasteiger charge is -2.37. The van der Waals surface area contributed by atoms with Gasteiger partial charge in [0.15, 0.2) is 0 Å². The highest BCUT2D eigenvalue weighted by molar-refractivity contribution is 5.92. The van der Waals surface area contributed by atoms with Crippen LogP contribution < -0.4 is 5.32 Å². The van der Waals surface area contributed by atoms with E-state index in [1.165, 1.54) is 24.2 Å². The zero-order chi connectivity index (χ0) is 23.0. The number of aliphatic hydroxyl groups excluding tert-OH is 1. The van der Waals surface area contributed by atoms with Crippen LogP contribution >= 0.6 is 0 Å². The van der Waals surface area contributed by atoms with Gasteiger partial charge in [0.2, 0.25) is 5.91 Å². The van der Waals surface area contributed by atoms with Crippen molar-refractivity contribution in [3.63, 3.8) is 0 Å². The van der Waals surface area contributed by atoms with Crippen LogP contribution in [-0.4, -0.2) is 69.7 Å². The van der Waals surface area contributed by atoms with Crippen molar-refractivity contribution in [2.45, 2.75) is 56.8 Å². The number of likely N-dealkylation sites (tertiary alicyclic amines) is 1. The molecule has 176 valence electrons. The summed E-state index contributed by atoms with van der Waals surface area (Å²) in [5, 5.41) is 12.7. The SMILES string of the molecule is O=C(N[C@H]1CC[C@@H](CC(=O)N2CCC(Cc3ccccc3)CC2)O[C@H]1CO)c1cnccn1. The van der Waals surface area contributed by atoms with Gasteiger partial charge < -0.3 is 20.1 Å². The number of rotatable bonds is 7. The van der Waals surface area contributed by atoms with E-state index in [4.69, 9.17) is 4.74 Å². The zero-order valence-electron chi connectivity index (χ0n) is 18.8. The summed E-state index contributed by atoms with van der Waals surface area (Å²) in [6.45, 7) is 1.34. The minimum absolute atomic E-state index is 0.108. The third-order valence-electron chi connectivity index (χ3n) is 6.64. The molecule has 0 radical (unpaired) electrons. The van der Waals surface area contributed by atoms with Crippen LogP contribution in [0.4, 0.5) is 0 Å². The molecule has 8 nitrogen and oxygen atoms in total. The Balaban J connectivity index is 1.22. The quantitative estimate of drug-likeness (QED) is 0.666. The van der Waals surface area contributed by atoms with Gasteiger partial charge in [0.1, 0.15) is 11.8 Å². The molecule has 0 bridgehead atoms. The molecule has 2 aliphatic rings. The Bertz CT molecular complexity index is 903. The highest BCUT2D eigenvalue weighted by Gasteiger charge is 2.34. The first-order chi connectivity index (χ1) is 16.1. The van der Waals surface area contributed by atoms with Gasteiger partial charge in [0.25, 0.3) is 5.91 Å². The number of aromatic nitrogens is 2.